The van der Waals surface area contributed by atoms with E-state index in [4.69, 9.17) is 14.2 Å². The largest absolute Gasteiger partial charge is 0.490 e. The Balaban J connectivity index is 1.30. The molecule has 1 unspecified atom stereocenters. The van der Waals surface area contributed by atoms with Crippen molar-refractivity contribution in [3.8, 4) is 23.0 Å². The van der Waals surface area contributed by atoms with Crippen LogP contribution in [-0.2, 0) is 15.1 Å². The van der Waals surface area contributed by atoms with E-state index in [1.807, 2.05) is 18.2 Å². The zero-order valence-corrected chi connectivity index (χ0v) is 19.7. The zero-order chi connectivity index (χ0) is 25.1. The highest BCUT2D eigenvalue weighted by Crippen LogP contribution is 2.37. The van der Waals surface area contributed by atoms with Gasteiger partial charge >= 0.3 is 6.03 Å². The van der Waals surface area contributed by atoms with E-state index in [9.17, 15) is 14.4 Å². The summed E-state index contributed by atoms with van der Waals surface area (Å²) >= 11 is 0. The molecule has 0 saturated carbocycles. The molecule has 184 valence electrons. The SMILES string of the molecule is CC1(c2ccc3c(c2)OCCCO3)NC(=O)N(CC(=O)Nc2ccccc2Oc2ccccc2)C1=O. The van der Waals surface area contributed by atoms with Crippen LogP contribution in [0.15, 0.2) is 72.8 Å². The molecule has 0 bridgehead atoms. The fourth-order valence-corrected chi connectivity index (χ4v) is 4.12. The first-order valence-corrected chi connectivity index (χ1v) is 11.6. The van der Waals surface area contributed by atoms with Gasteiger partial charge in [0.05, 0.1) is 18.9 Å². The van der Waals surface area contributed by atoms with Crippen molar-refractivity contribution in [2.45, 2.75) is 18.9 Å². The topological polar surface area (TPSA) is 106 Å². The summed E-state index contributed by atoms with van der Waals surface area (Å²) in [6, 6.07) is 20.6. The van der Waals surface area contributed by atoms with Crippen LogP contribution in [0.4, 0.5) is 10.5 Å². The fourth-order valence-electron chi connectivity index (χ4n) is 4.12. The molecule has 3 aromatic rings. The highest BCUT2D eigenvalue weighted by Gasteiger charge is 2.49. The van der Waals surface area contributed by atoms with Gasteiger partial charge in [0.25, 0.3) is 5.91 Å². The van der Waals surface area contributed by atoms with E-state index in [0.717, 1.165) is 11.3 Å². The summed E-state index contributed by atoms with van der Waals surface area (Å²) in [5.41, 5.74) is -0.394. The lowest BCUT2D eigenvalue weighted by atomic mass is 9.91. The molecule has 1 atom stereocenters. The number of urea groups is 1. The van der Waals surface area contributed by atoms with Gasteiger partial charge < -0.3 is 24.8 Å². The first-order valence-electron chi connectivity index (χ1n) is 11.6. The van der Waals surface area contributed by atoms with Gasteiger partial charge in [-0.05, 0) is 48.9 Å². The Labute approximate surface area is 208 Å². The highest BCUT2D eigenvalue weighted by molar-refractivity contribution is 6.10. The molecule has 2 aliphatic heterocycles. The van der Waals surface area contributed by atoms with Crippen molar-refractivity contribution in [1.82, 2.24) is 10.2 Å². The van der Waals surface area contributed by atoms with Gasteiger partial charge in [-0.2, -0.15) is 0 Å². The Bertz CT molecular complexity index is 1310. The predicted molar refractivity (Wildman–Crippen MR) is 131 cm³/mol. The number of ether oxygens (including phenoxy) is 3. The third-order valence-corrected chi connectivity index (χ3v) is 6.03. The molecule has 0 spiro atoms. The third kappa shape index (κ3) is 4.55. The molecule has 0 aliphatic carbocycles. The smallest absolute Gasteiger partial charge is 0.325 e. The molecular formula is C27H25N3O6. The monoisotopic (exact) mass is 487 g/mol. The number of nitrogens with one attached hydrogen (secondary N) is 2. The number of nitrogens with zero attached hydrogens (tertiary/aromatic N) is 1. The molecular weight excluding hydrogens is 462 g/mol. The maximum absolute atomic E-state index is 13.3. The first kappa shape index (κ1) is 23.2. The second kappa shape index (κ2) is 9.61. The number of amides is 4. The standard InChI is InChI=1S/C27H25N3O6/c1-27(18-12-13-22-23(16-18)35-15-7-14-34-22)25(32)30(26(33)29-27)17-24(31)28-20-10-5-6-11-21(20)36-19-8-3-2-4-9-19/h2-6,8-13,16H,7,14-15,17H2,1H3,(H,28,31)(H,29,33). The van der Waals surface area contributed by atoms with Crippen LogP contribution >= 0.6 is 0 Å². The zero-order valence-electron chi connectivity index (χ0n) is 19.7. The first-order chi connectivity index (χ1) is 17.4. The minimum absolute atomic E-state index is 0.420. The van der Waals surface area contributed by atoms with Crippen LogP contribution < -0.4 is 24.8 Å². The molecule has 4 amide bonds. The Hall–Kier alpha value is -4.53. The number of imide groups is 1. The van der Waals surface area contributed by atoms with Gasteiger partial charge in [0.15, 0.2) is 17.2 Å². The van der Waals surface area contributed by atoms with Crippen LogP contribution in [0.5, 0.6) is 23.0 Å². The van der Waals surface area contributed by atoms with Crippen molar-refractivity contribution in [1.29, 1.82) is 0 Å². The van der Waals surface area contributed by atoms with Crippen molar-refractivity contribution in [3.05, 3.63) is 78.4 Å². The van der Waals surface area contributed by atoms with E-state index >= 15 is 0 Å². The average Bonchev–Trinajstić information content (AvgIpc) is 3.03. The van der Waals surface area contributed by atoms with Gasteiger partial charge in [-0.25, -0.2) is 4.79 Å². The average molecular weight is 488 g/mol. The molecule has 1 saturated heterocycles. The molecule has 1 fully saturated rings. The summed E-state index contributed by atoms with van der Waals surface area (Å²) < 4.78 is 17.3. The van der Waals surface area contributed by atoms with Crippen molar-refractivity contribution >= 4 is 23.5 Å². The Morgan fingerprint density at radius 2 is 1.72 bits per heavy atom. The molecule has 5 rings (SSSR count). The molecule has 3 aromatic carbocycles. The number of carbonyl (C=O) groups excluding carboxylic acids is 3. The molecule has 2 N–H and O–H groups in total. The number of anilines is 1. The molecule has 9 heteroatoms. The van der Waals surface area contributed by atoms with E-state index in [-0.39, 0.29) is 0 Å². The number of fused-ring (bicyclic) bond motifs is 1. The van der Waals surface area contributed by atoms with Crippen LogP contribution in [0.25, 0.3) is 0 Å². The molecule has 36 heavy (non-hydrogen) atoms. The van der Waals surface area contributed by atoms with Gasteiger partial charge in [-0.1, -0.05) is 36.4 Å². The van der Waals surface area contributed by atoms with E-state index in [1.54, 1.807) is 61.5 Å². The maximum atomic E-state index is 13.3. The number of para-hydroxylation sites is 3. The van der Waals surface area contributed by atoms with Crippen molar-refractivity contribution in [2.75, 3.05) is 25.1 Å². The summed E-state index contributed by atoms with van der Waals surface area (Å²) in [6.07, 6.45) is 0.749. The minimum atomic E-state index is -1.35. The summed E-state index contributed by atoms with van der Waals surface area (Å²) in [5, 5.41) is 5.46. The van der Waals surface area contributed by atoms with Gasteiger partial charge in [0.2, 0.25) is 5.91 Å². The van der Waals surface area contributed by atoms with Gasteiger partial charge in [-0.3, -0.25) is 14.5 Å². The lowest BCUT2D eigenvalue weighted by molar-refractivity contribution is -0.133. The Kier molecular flexibility index (Phi) is 6.20. The van der Waals surface area contributed by atoms with E-state index in [1.165, 1.54) is 0 Å². The number of rotatable bonds is 6. The lowest BCUT2D eigenvalue weighted by Gasteiger charge is -2.23. The van der Waals surface area contributed by atoms with Crippen molar-refractivity contribution < 1.29 is 28.6 Å². The molecule has 0 radical (unpaired) electrons. The molecule has 2 aliphatic rings. The normalized spacial score (nSPS) is 18.9. The van der Waals surface area contributed by atoms with Crippen LogP contribution in [0.2, 0.25) is 0 Å². The Morgan fingerprint density at radius 3 is 2.53 bits per heavy atom. The second-order valence-electron chi connectivity index (χ2n) is 8.62. The van der Waals surface area contributed by atoms with E-state index < -0.39 is 29.9 Å². The van der Waals surface area contributed by atoms with Gasteiger partial charge in [-0.15, -0.1) is 0 Å². The maximum Gasteiger partial charge on any atom is 0.325 e. The predicted octanol–water partition coefficient (Wildman–Crippen LogP) is 4.05. The van der Waals surface area contributed by atoms with E-state index in [0.29, 0.717) is 47.5 Å². The summed E-state index contributed by atoms with van der Waals surface area (Å²) in [7, 11) is 0. The number of carbonyl (C=O) groups is 3. The summed E-state index contributed by atoms with van der Waals surface area (Å²) in [5.74, 6) is 1.07. The third-order valence-electron chi connectivity index (χ3n) is 6.03. The van der Waals surface area contributed by atoms with Crippen LogP contribution in [0.1, 0.15) is 18.9 Å². The van der Waals surface area contributed by atoms with Crippen LogP contribution in [0, 0.1) is 0 Å². The number of benzene rings is 3. The van der Waals surface area contributed by atoms with Crippen LogP contribution in [-0.4, -0.2) is 42.5 Å². The minimum Gasteiger partial charge on any atom is -0.490 e. The molecule has 9 nitrogen and oxygen atoms in total. The Morgan fingerprint density at radius 1 is 1.00 bits per heavy atom. The molecule has 0 aromatic heterocycles. The number of hydrogen-bond acceptors (Lipinski definition) is 6. The summed E-state index contributed by atoms with van der Waals surface area (Å²) in [6.45, 7) is 2.19. The highest BCUT2D eigenvalue weighted by atomic mass is 16.5. The van der Waals surface area contributed by atoms with Crippen molar-refractivity contribution in [2.24, 2.45) is 0 Å². The fraction of sp³-hybridized carbons (Fsp3) is 0.222. The summed E-state index contributed by atoms with van der Waals surface area (Å²) in [4.78, 5) is 39.8. The number of hydrogen-bond donors (Lipinski definition) is 2. The van der Waals surface area contributed by atoms with Gasteiger partial charge in [0.1, 0.15) is 17.8 Å². The van der Waals surface area contributed by atoms with Gasteiger partial charge in [0, 0.05) is 6.42 Å². The molecule has 2 heterocycles. The van der Waals surface area contributed by atoms with Crippen molar-refractivity contribution in [3.63, 3.8) is 0 Å². The quantitative estimate of drug-likeness (QED) is 0.508. The lowest BCUT2D eigenvalue weighted by Crippen LogP contribution is -2.42. The van der Waals surface area contributed by atoms with E-state index in [2.05, 4.69) is 10.6 Å². The van der Waals surface area contributed by atoms with Crippen LogP contribution in [0.3, 0.4) is 0 Å². The second-order valence-corrected chi connectivity index (χ2v) is 8.62.